The fourth-order valence-electron chi connectivity index (χ4n) is 1.30. The molecule has 0 bridgehead atoms. The second kappa shape index (κ2) is 3.91. The quantitative estimate of drug-likeness (QED) is 0.617. The highest BCUT2D eigenvalue weighted by atomic mass is 79.9. The van der Waals surface area contributed by atoms with Gasteiger partial charge in [0.15, 0.2) is 0 Å². The highest BCUT2D eigenvalue weighted by Crippen LogP contribution is 2.33. The van der Waals surface area contributed by atoms with Crippen molar-refractivity contribution in [1.29, 1.82) is 0 Å². The molecule has 0 aromatic heterocycles. The number of hydrogen-bond donors (Lipinski definition) is 0. The summed E-state index contributed by atoms with van der Waals surface area (Å²) >= 11 is 6.90. The first-order chi connectivity index (χ1) is 4.70. The van der Waals surface area contributed by atoms with Crippen molar-refractivity contribution in [2.45, 2.75) is 32.6 Å². The Hall–Kier alpha value is 0.700. The van der Waals surface area contributed by atoms with Gasteiger partial charge in [-0.3, -0.25) is 0 Å². The van der Waals surface area contributed by atoms with Crippen molar-refractivity contribution in [3.63, 3.8) is 0 Å². The van der Waals surface area contributed by atoms with Crippen LogP contribution in [0.5, 0.6) is 0 Å². The molecule has 2 heteroatoms. The van der Waals surface area contributed by atoms with Crippen molar-refractivity contribution in [2.75, 3.05) is 0 Å². The third kappa shape index (κ3) is 2.39. The Morgan fingerprint density at radius 2 is 1.80 bits per heavy atom. The summed E-state index contributed by atoms with van der Waals surface area (Å²) < 4.78 is 1.19. The van der Waals surface area contributed by atoms with Gasteiger partial charge in [-0.25, -0.2) is 0 Å². The van der Waals surface area contributed by atoms with E-state index < -0.39 is 0 Å². The molecule has 1 fully saturated rings. The first-order valence-corrected chi connectivity index (χ1v) is 5.31. The fraction of sp³-hybridized carbons (Fsp3) is 0.750. The molecular weight excluding hydrogens is 256 g/mol. The van der Waals surface area contributed by atoms with Crippen LogP contribution in [0.25, 0.3) is 0 Å². The smallest absolute Gasteiger partial charge is 0.0596 e. The van der Waals surface area contributed by atoms with Gasteiger partial charge < -0.3 is 0 Å². The maximum Gasteiger partial charge on any atom is 0.0596 e. The minimum absolute atomic E-state index is 0.933. The van der Waals surface area contributed by atoms with Crippen molar-refractivity contribution in [2.24, 2.45) is 5.92 Å². The van der Waals surface area contributed by atoms with Crippen LogP contribution in [0.4, 0.5) is 0 Å². The van der Waals surface area contributed by atoms with E-state index in [0.717, 1.165) is 5.92 Å². The van der Waals surface area contributed by atoms with Gasteiger partial charge >= 0.3 is 0 Å². The molecule has 0 aliphatic heterocycles. The van der Waals surface area contributed by atoms with Crippen LogP contribution in [0.2, 0.25) is 0 Å². The third-order valence-corrected chi connectivity index (χ3v) is 3.27. The molecule has 0 heterocycles. The molecule has 1 saturated carbocycles. The number of allylic oxidation sites excluding steroid dienone is 1. The molecule has 0 saturated heterocycles. The van der Waals surface area contributed by atoms with E-state index in [1.807, 2.05) is 0 Å². The molecule has 1 rings (SSSR count). The van der Waals surface area contributed by atoms with Gasteiger partial charge in [-0.05, 0) is 69.0 Å². The van der Waals surface area contributed by atoms with Gasteiger partial charge in [-0.15, -0.1) is 0 Å². The van der Waals surface area contributed by atoms with Crippen LogP contribution < -0.4 is 0 Å². The van der Waals surface area contributed by atoms with E-state index in [9.17, 15) is 0 Å². The molecule has 1 aliphatic rings. The zero-order valence-corrected chi connectivity index (χ0v) is 9.33. The minimum Gasteiger partial charge on any atom is -0.0625 e. The van der Waals surface area contributed by atoms with Crippen LogP contribution in [0.15, 0.2) is 8.96 Å². The lowest BCUT2D eigenvalue weighted by Gasteiger charge is -2.20. The maximum absolute atomic E-state index is 3.45. The summed E-state index contributed by atoms with van der Waals surface area (Å²) in [4.78, 5) is 0. The molecule has 0 aromatic rings. The highest BCUT2D eigenvalue weighted by Gasteiger charge is 2.13. The van der Waals surface area contributed by atoms with E-state index in [2.05, 4.69) is 38.8 Å². The minimum atomic E-state index is 0.933. The predicted octanol–water partition coefficient (Wildman–Crippen LogP) is 4.20. The summed E-state index contributed by atoms with van der Waals surface area (Å²) in [5.41, 5.74) is 1.55. The average Bonchev–Trinajstić information content (AvgIpc) is 1.88. The largest absolute Gasteiger partial charge is 0.0625 e. The molecule has 0 N–H and O–H groups in total. The maximum atomic E-state index is 3.45. The van der Waals surface area contributed by atoms with E-state index in [4.69, 9.17) is 0 Å². The van der Waals surface area contributed by atoms with Crippen molar-refractivity contribution >= 4 is 31.9 Å². The molecule has 0 nitrogen and oxygen atoms in total. The summed E-state index contributed by atoms with van der Waals surface area (Å²) in [5.74, 6) is 0.933. The average molecular weight is 268 g/mol. The SMILES string of the molecule is CC1CCC(=C(Br)Br)CC1. The van der Waals surface area contributed by atoms with Gasteiger partial charge in [-0.1, -0.05) is 6.92 Å². The Morgan fingerprint density at radius 1 is 1.30 bits per heavy atom. The summed E-state index contributed by atoms with van der Waals surface area (Å²) in [6, 6.07) is 0. The monoisotopic (exact) mass is 266 g/mol. The summed E-state index contributed by atoms with van der Waals surface area (Å²) in [7, 11) is 0. The lowest BCUT2D eigenvalue weighted by molar-refractivity contribution is 0.444. The molecule has 1 aliphatic carbocycles. The van der Waals surface area contributed by atoms with E-state index in [-0.39, 0.29) is 0 Å². The normalized spacial score (nSPS) is 26.7. The molecular formula is C8H12Br2. The van der Waals surface area contributed by atoms with E-state index in [1.165, 1.54) is 29.1 Å². The Bertz CT molecular complexity index is 135. The van der Waals surface area contributed by atoms with Crippen LogP contribution in [0.1, 0.15) is 32.6 Å². The topological polar surface area (TPSA) is 0 Å². The van der Waals surface area contributed by atoms with E-state index in [0.29, 0.717) is 0 Å². The molecule has 0 unspecified atom stereocenters. The summed E-state index contributed by atoms with van der Waals surface area (Å²) in [5, 5.41) is 0. The van der Waals surface area contributed by atoms with Gasteiger partial charge in [0, 0.05) is 0 Å². The van der Waals surface area contributed by atoms with Crippen molar-refractivity contribution in [3.05, 3.63) is 8.96 Å². The molecule has 58 valence electrons. The molecule has 0 radical (unpaired) electrons. The van der Waals surface area contributed by atoms with Gasteiger partial charge in [0.2, 0.25) is 0 Å². The Balaban J connectivity index is 2.48. The summed E-state index contributed by atoms with van der Waals surface area (Å²) in [6.45, 7) is 2.33. The first kappa shape index (κ1) is 8.79. The lowest BCUT2D eigenvalue weighted by Crippen LogP contribution is -2.03. The predicted molar refractivity (Wildman–Crippen MR) is 52.5 cm³/mol. The van der Waals surface area contributed by atoms with Crippen LogP contribution in [0, 0.1) is 5.92 Å². The van der Waals surface area contributed by atoms with Crippen LogP contribution in [-0.2, 0) is 0 Å². The molecule has 10 heavy (non-hydrogen) atoms. The van der Waals surface area contributed by atoms with Gasteiger partial charge in [-0.2, -0.15) is 0 Å². The number of halogens is 2. The second-order valence-corrected chi connectivity index (χ2v) is 5.70. The van der Waals surface area contributed by atoms with Crippen molar-refractivity contribution in [3.8, 4) is 0 Å². The molecule has 0 amide bonds. The highest BCUT2D eigenvalue weighted by molar-refractivity contribution is 9.28. The Morgan fingerprint density at radius 3 is 2.20 bits per heavy atom. The van der Waals surface area contributed by atoms with Gasteiger partial charge in [0.25, 0.3) is 0 Å². The fourth-order valence-corrected chi connectivity index (χ4v) is 2.09. The number of rotatable bonds is 0. The Labute approximate surface area is 79.3 Å². The summed E-state index contributed by atoms with van der Waals surface area (Å²) in [6.07, 6.45) is 5.26. The van der Waals surface area contributed by atoms with Crippen LogP contribution in [-0.4, -0.2) is 0 Å². The molecule has 0 aromatic carbocycles. The standard InChI is InChI=1S/C8H12Br2/c1-6-2-4-7(5-3-6)8(9)10/h6H,2-5H2,1H3. The third-order valence-electron chi connectivity index (χ3n) is 2.15. The number of hydrogen-bond acceptors (Lipinski definition) is 0. The first-order valence-electron chi connectivity index (χ1n) is 3.73. The van der Waals surface area contributed by atoms with Crippen LogP contribution in [0.3, 0.4) is 0 Å². The van der Waals surface area contributed by atoms with E-state index >= 15 is 0 Å². The Kier molecular flexibility index (Phi) is 3.44. The zero-order valence-electron chi connectivity index (χ0n) is 6.16. The zero-order chi connectivity index (χ0) is 7.56. The van der Waals surface area contributed by atoms with Gasteiger partial charge in [0.05, 0.1) is 3.39 Å². The molecule has 0 spiro atoms. The lowest BCUT2D eigenvalue weighted by atomic mass is 9.88. The molecule has 0 atom stereocenters. The van der Waals surface area contributed by atoms with Crippen molar-refractivity contribution < 1.29 is 0 Å². The van der Waals surface area contributed by atoms with Crippen LogP contribution >= 0.6 is 31.9 Å². The second-order valence-electron chi connectivity index (χ2n) is 3.05. The van der Waals surface area contributed by atoms with Gasteiger partial charge in [0.1, 0.15) is 0 Å². The van der Waals surface area contributed by atoms with Crippen molar-refractivity contribution in [1.82, 2.24) is 0 Å². The van der Waals surface area contributed by atoms with E-state index in [1.54, 1.807) is 5.57 Å².